The van der Waals surface area contributed by atoms with Crippen molar-refractivity contribution in [3.05, 3.63) is 95.7 Å². The maximum absolute atomic E-state index is 13.2. The topological polar surface area (TPSA) is 100 Å². The van der Waals surface area contributed by atoms with Gasteiger partial charge in [-0.15, -0.1) is 11.3 Å². The van der Waals surface area contributed by atoms with Crippen molar-refractivity contribution in [3.63, 3.8) is 0 Å². The van der Waals surface area contributed by atoms with E-state index >= 15 is 0 Å². The standard InChI is InChI=1S/C24H23N5O3S/c30-22(26-15-18-6-4-11-25-14-18)10-12-29(16-20-9-5-13-32-20)23(31)21-17-33-24(28-21)27-19-7-2-1-3-8-19/h1-9,11,13-14,17H,10,12,15-16H2,(H,26,30)(H,27,28). The van der Waals surface area contributed by atoms with Gasteiger partial charge in [0.25, 0.3) is 5.91 Å². The van der Waals surface area contributed by atoms with E-state index in [2.05, 4.69) is 20.6 Å². The van der Waals surface area contributed by atoms with Gasteiger partial charge in [-0.2, -0.15) is 0 Å². The van der Waals surface area contributed by atoms with Crippen molar-refractivity contribution in [2.75, 3.05) is 11.9 Å². The Hall–Kier alpha value is -3.98. The predicted molar refractivity (Wildman–Crippen MR) is 126 cm³/mol. The number of hydrogen-bond donors (Lipinski definition) is 2. The van der Waals surface area contributed by atoms with Gasteiger partial charge in [0.15, 0.2) is 5.13 Å². The van der Waals surface area contributed by atoms with E-state index in [1.165, 1.54) is 11.3 Å². The van der Waals surface area contributed by atoms with Crippen LogP contribution in [-0.4, -0.2) is 33.2 Å². The summed E-state index contributed by atoms with van der Waals surface area (Å²) in [5, 5.41) is 8.39. The molecule has 0 aliphatic heterocycles. The number of furan rings is 1. The van der Waals surface area contributed by atoms with Gasteiger partial charge in [-0.1, -0.05) is 24.3 Å². The van der Waals surface area contributed by atoms with Crippen LogP contribution in [0.1, 0.15) is 28.2 Å². The quantitative estimate of drug-likeness (QED) is 0.367. The fraction of sp³-hybridized carbons (Fsp3) is 0.167. The van der Waals surface area contributed by atoms with Crippen LogP contribution in [0.3, 0.4) is 0 Å². The van der Waals surface area contributed by atoms with Gasteiger partial charge in [0.2, 0.25) is 5.91 Å². The molecule has 2 amide bonds. The van der Waals surface area contributed by atoms with Crippen LogP contribution in [0, 0.1) is 0 Å². The van der Waals surface area contributed by atoms with Crippen LogP contribution in [0.2, 0.25) is 0 Å². The fourth-order valence-electron chi connectivity index (χ4n) is 3.11. The molecule has 3 heterocycles. The number of aromatic nitrogens is 2. The summed E-state index contributed by atoms with van der Waals surface area (Å²) in [6.07, 6.45) is 5.11. The number of nitrogens with zero attached hydrogens (tertiary/aromatic N) is 3. The van der Waals surface area contributed by atoms with Crippen molar-refractivity contribution in [2.45, 2.75) is 19.5 Å². The maximum Gasteiger partial charge on any atom is 0.273 e. The fourth-order valence-corrected chi connectivity index (χ4v) is 3.81. The summed E-state index contributed by atoms with van der Waals surface area (Å²) in [7, 11) is 0. The number of para-hydroxylation sites is 1. The molecule has 4 rings (SSSR count). The first kappa shape index (κ1) is 22.2. The predicted octanol–water partition coefficient (Wildman–Crippen LogP) is 4.22. The number of carbonyl (C=O) groups is 2. The van der Waals surface area contributed by atoms with Crippen molar-refractivity contribution < 1.29 is 14.0 Å². The first-order valence-corrected chi connectivity index (χ1v) is 11.3. The summed E-state index contributed by atoms with van der Waals surface area (Å²) >= 11 is 1.35. The van der Waals surface area contributed by atoms with Gasteiger partial charge in [-0.3, -0.25) is 14.6 Å². The zero-order chi connectivity index (χ0) is 22.9. The lowest BCUT2D eigenvalue weighted by atomic mass is 10.2. The number of benzene rings is 1. The summed E-state index contributed by atoms with van der Waals surface area (Å²) < 4.78 is 5.41. The summed E-state index contributed by atoms with van der Waals surface area (Å²) in [4.78, 5) is 35.6. The summed E-state index contributed by atoms with van der Waals surface area (Å²) in [5.41, 5.74) is 2.12. The van der Waals surface area contributed by atoms with E-state index < -0.39 is 0 Å². The highest BCUT2D eigenvalue weighted by Crippen LogP contribution is 2.22. The second-order valence-corrected chi connectivity index (χ2v) is 8.08. The maximum atomic E-state index is 13.2. The van der Waals surface area contributed by atoms with Crippen LogP contribution in [0.4, 0.5) is 10.8 Å². The highest BCUT2D eigenvalue weighted by Gasteiger charge is 2.21. The van der Waals surface area contributed by atoms with Gasteiger partial charge < -0.3 is 20.0 Å². The van der Waals surface area contributed by atoms with Crippen LogP contribution in [-0.2, 0) is 17.9 Å². The van der Waals surface area contributed by atoms with Gasteiger partial charge in [0.1, 0.15) is 11.5 Å². The van der Waals surface area contributed by atoms with Gasteiger partial charge in [-0.25, -0.2) is 4.98 Å². The molecule has 9 heteroatoms. The zero-order valence-corrected chi connectivity index (χ0v) is 18.6. The average Bonchev–Trinajstić information content (AvgIpc) is 3.53. The number of pyridine rings is 1. The number of carbonyl (C=O) groups excluding carboxylic acids is 2. The number of thiazole rings is 1. The highest BCUT2D eigenvalue weighted by atomic mass is 32.1. The van der Waals surface area contributed by atoms with E-state index in [9.17, 15) is 9.59 Å². The Bertz CT molecular complexity index is 1160. The monoisotopic (exact) mass is 461 g/mol. The third-order valence-corrected chi connectivity index (χ3v) is 5.54. The number of rotatable bonds is 10. The number of hydrogen-bond acceptors (Lipinski definition) is 7. The molecule has 3 aromatic heterocycles. The Morgan fingerprint density at radius 1 is 1.06 bits per heavy atom. The van der Waals surface area contributed by atoms with E-state index in [1.807, 2.05) is 42.5 Å². The Balaban J connectivity index is 1.38. The molecule has 0 saturated heterocycles. The minimum Gasteiger partial charge on any atom is -0.467 e. The third kappa shape index (κ3) is 6.50. The van der Waals surface area contributed by atoms with E-state index in [1.54, 1.807) is 41.1 Å². The minimum atomic E-state index is -0.260. The molecule has 0 atom stereocenters. The Kier molecular flexibility index (Phi) is 7.44. The molecule has 1 aromatic carbocycles. The Morgan fingerprint density at radius 2 is 1.94 bits per heavy atom. The Morgan fingerprint density at radius 3 is 2.70 bits per heavy atom. The van der Waals surface area contributed by atoms with Gasteiger partial charge in [-0.05, 0) is 35.9 Å². The number of amides is 2. The zero-order valence-electron chi connectivity index (χ0n) is 17.8. The molecule has 0 bridgehead atoms. The van der Waals surface area contributed by atoms with Crippen molar-refractivity contribution >= 4 is 34.0 Å². The molecule has 4 aromatic rings. The smallest absolute Gasteiger partial charge is 0.273 e. The lowest BCUT2D eigenvalue weighted by molar-refractivity contribution is -0.121. The van der Waals surface area contributed by atoms with E-state index in [4.69, 9.17) is 4.42 Å². The lowest BCUT2D eigenvalue weighted by Gasteiger charge is -2.20. The SMILES string of the molecule is O=C(CCN(Cc1ccco1)C(=O)c1csc(Nc2ccccc2)n1)NCc1cccnc1. The van der Waals surface area contributed by atoms with Crippen LogP contribution in [0.15, 0.2) is 83.1 Å². The van der Waals surface area contributed by atoms with Crippen molar-refractivity contribution in [1.82, 2.24) is 20.2 Å². The Labute approximate surface area is 195 Å². The molecule has 8 nitrogen and oxygen atoms in total. The molecule has 33 heavy (non-hydrogen) atoms. The minimum absolute atomic E-state index is 0.152. The van der Waals surface area contributed by atoms with Crippen LogP contribution < -0.4 is 10.6 Å². The largest absolute Gasteiger partial charge is 0.467 e. The molecule has 0 fully saturated rings. The molecule has 0 radical (unpaired) electrons. The van der Waals surface area contributed by atoms with Crippen molar-refractivity contribution in [3.8, 4) is 0 Å². The molecule has 0 aliphatic rings. The second-order valence-electron chi connectivity index (χ2n) is 7.22. The lowest BCUT2D eigenvalue weighted by Crippen LogP contribution is -2.35. The van der Waals surface area contributed by atoms with Crippen LogP contribution in [0.25, 0.3) is 0 Å². The first-order valence-electron chi connectivity index (χ1n) is 10.4. The molecular formula is C24H23N5O3S. The molecule has 0 aliphatic carbocycles. The molecule has 0 saturated carbocycles. The number of anilines is 2. The number of nitrogens with one attached hydrogen (secondary N) is 2. The van der Waals surface area contributed by atoms with Crippen molar-refractivity contribution in [2.24, 2.45) is 0 Å². The van der Waals surface area contributed by atoms with Crippen LogP contribution >= 0.6 is 11.3 Å². The average molecular weight is 462 g/mol. The summed E-state index contributed by atoms with van der Waals surface area (Å²) in [6, 6.07) is 16.9. The van der Waals surface area contributed by atoms with Crippen molar-refractivity contribution in [1.29, 1.82) is 0 Å². The van der Waals surface area contributed by atoms with E-state index in [-0.39, 0.29) is 31.3 Å². The molecule has 2 N–H and O–H groups in total. The van der Waals surface area contributed by atoms with Gasteiger partial charge >= 0.3 is 0 Å². The second kappa shape index (κ2) is 11.1. The molecule has 168 valence electrons. The van der Waals surface area contributed by atoms with Gasteiger partial charge in [0.05, 0.1) is 12.8 Å². The third-order valence-electron chi connectivity index (χ3n) is 4.78. The first-order chi connectivity index (χ1) is 16.2. The summed E-state index contributed by atoms with van der Waals surface area (Å²) in [6.45, 7) is 0.872. The molecular weight excluding hydrogens is 438 g/mol. The summed E-state index contributed by atoms with van der Waals surface area (Å²) in [5.74, 6) is 0.224. The van der Waals surface area contributed by atoms with Gasteiger partial charge in [0, 0.05) is 43.0 Å². The van der Waals surface area contributed by atoms with E-state index in [0.717, 1.165) is 11.3 Å². The highest BCUT2D eigenvalue weighted by molar-refractivity contribution is 7.14. The molecule has 0 spiro atoms. The normalized spacial score (nSPS) is 10.5. The molecule has 0 unspecified atom stereocenters. The van der Waals surface area contributed by atoms with E-state index in [0.29, 0.717) is 23.1 Å². The van der Waals surface area contributed by atoms with Crippen LogP contribution in [0.5, 0.6) is 0 Å².